The molecule has 0 aromatic carbocycles. The van der Waals surface area contributed by atoms with Gasteiger partial charge in [0, 0.05) is 32.8 Å². The molecule has 0 aromatic rings. The summed E-state index contributed by atoms with van der Waals surface area (Å²) < 4.78 is 27.9. The first-order valence-corrected chi connectivity index (χ1v) is 12.4. The van der Waals surface area contributed by atoms with Gasteiger partial charge in [0.2, 0.25) is 0 Å². The molecule has 0 radical (unpaired) electrons. The lowest BCUT2D eigenvalue weighted by molar-refractivity contribution is 0.156. The van der Waals surface area contributed by atoms with Crippen LogP contribution in [-0.4, -0.2) is 47.0 Å². The molecule has 1 saturated carbocycles. The van der Waals surface area contributed by atoms with Crippen molar-refractivity contribution in [1.82, 2.24) is 0 Å². The Morgan fingerprint density at radius 2 is 2.00 bits per heavy atom. The van der Waals surface area contributed by atoms with Crippen LogP contribution in [-0.2, 0) is 14.6 Å². The van der Waals surface area contributed by atoms with E-state index in [1.54, 1.807) is 6.08 Å². The summed E-state index contributed by atoms with van der Waals surface area (Å²) in [5.74, 6) is 0. The molecule has 0 spiro atoms. The standard InChI is InChI=1S/C13H26N2O3SSi/c1-19(16,17)13(6-7-13)12(14)5-8-15-11-18-9-10-20(2,3)4/h5,8H,6-7,9-11,14H2,1-4H3. The average Bonchev–Trinajstić information content (AvgIpc) is 3.06. The molecule has 5 nitrogen and oxygen atoms in total. The zero-order valence-corrected chi connectivity index (χ0v) is 14.7. The van der Waals surface area contributed by atoms with Gasteiger partial charge in [-0.3, -0.25) is 4.99 Å². The zero-order valence-electron chi connectivity index (χ0n) is 12.8. The molecule has 0 aromatic heterocycles. The summed E-state index contributed by atoms with van der Waals surface area (Å²) in [5, 5.41) is 0. The van der Waals surface area contributed by atoms with Gasteiger partial charge in [-0.25, -0.2) is 8.42 Å². The van der Waals surface area contributed by atoms with E-state index in [2.05, 4.69) is 24.6 Å². The van der Waals surface area contributed by atoms with Crippen LogP contribution in [0.15, 0.2) is 16.8 Å². The maximum absolute atomic E-state index is 11.6. The predicted octanol–water partition coefficient (Wildman–Crippen LogP) is 1.79. The van der Waals surface area contributed by atoms with Crippen molar-refractivity contribution in [3.63, 3.8) is 0 Å². The Kier molecular flexibility index (Phi) is 5.57. The summed E-state index contributed by atoms with van der Waals surface area (Å²) in [6.45, 7) is 7.90. The molecule has 1 aliphatic carbocycles. The van der Waals surface area contributed by atoms with Crippen molar-refractivity contribution >= 4 is 24.1 Å². The van der Waals surface area contributed by atoms with Crippen LogP contribution in [0.4, 0.5) is 0 Å². The zero-order chi connectivity index (χ0) is 15.4. The molecule has 0 aliphatic heterocycles. The highest BCUT2D eigenvalue weighted by Gasteiger charge is 2.54. The number of hydrogen-bond acceptors (Lipinski definition) is 5. The van der Waals surface area contributed by atoms with E-state index >= 15 is 0 Å². The van der Waals surface area contributed by atoms with Gasteiger partial charge in [0.25, 0.3) is 0 Å². The Morgan fingerprint density at radius 1 is 1.40 bits per heavy atom. The van der Waals surface area contributed by atoms with Crippen molar-refractivity contribution in [2.75, 3.05) is 19.6 Å². The highest BCUT2D eigenvalue weighted by molar-refractivity contribution is 7.92. The largest absolute Gasteiger partial charge is 0.401 e. The molecule has 116 valence electrons. The smallest absolute Gasteiger partial charge is 0.158 e. The number of aliphatic imine (C=N–C) groups is 1. The molecule has 0 atom stereocenters. The molecule has 1 fully saturated rings. The maximum Gasteiger partial charge on any atom is 0.158 e. The predicted molar refractivity (Wildman–Crippen MR) is 86.5 cm³/mol. The van der Waals surface area contributed by atoms with Crippen molar-refractivity contribution in [2.45, 2.75) is 43.3 Å². The molecule has 2 N–H and O–H groups in total. The summed E-state index contributed by atoms with van der Waals surface area (Å²) in [5.41, 5.74) is 6.23. The Labute approximate surface area is 123 Å². The molecule has 1 aliphatic rings. The fourth-order valence-corrected chi connectivity index (χ4v) is 3.91. The van der Waals surface area contributed by atoms with Crippen LogP contribution in [0, 0.1) is 0 Å². The molecule has 0 heterocycles. The van der Waals surface area contributed by atoms with Crippen molar-refractivity contribution in [2.24, 2.45) is 10.7 Å². The summed E-state index contributed by atoms with van der Waals surface area (Å²) in [6, 6.07) is 1.11. The van der Waals surface area contributed by atoms with Crippen molar-refractivity contribution < 1.29 is 13.2 Å². The van der Waals surface area contributed by atoms with Crippen molar-refractivity contribution in [1.29, 1.82) is 0 Å². The van der Waals surface area contributed by atoms with Crippen molar-refractivity contribution in [3.05, 3.63) is 11.8 Å². The topological polar surface area (TPSA) is 81.8 Å². The van der Waals surface area contributed by atoms with Gasteiger partial charge < -0.3 is 10.5 Å². The van der Waals surface area contributed by atoms with E-state index < -0.39 is 22.7 Å². The first-order chi connectivity index (χ1) is 9.08. The van der Waals surface area contributed by atoms with E-state index in [0.29, 0.717) is 25.3 Å². The van der Waals surface area contributed by atoms with E-state index in [1.165, 1.54) is 12.5 Å². The SMILES string of the molecule is C[Si](C)(C)CCOCN=CC=C(N)C1(S(C)(=O)=O)CC1. The highest BCUT2D eigenvalue weighted by Crippen LogP contribution is 2.47. The summed E-state index contributed by atoms with van der Waals surface area (Å²) in [4.78, 5) is 4.07. The number of rotatable bonds is 8. The molecule has 1 rings (SSSR count). The number of nitrogens with zero attached hydrogens (tertiary/aromatic N) is 1. The summed E-state index contributed by atoms with van der Waals surface area (Å²) in [7, 11) is -4.20. The Hall–Kier alpha value is -0.663. The average molecular weight is 319 g/mol. The molecular formula is C13H26N2O3SSi. The summed E-state index contributed by atoms with van der Waals surface area (Å²) in [6.07, 6.45) is 5.56. The quantitative estimate of drug-likeness (QED) is 0.420. The van der Waals surface area contributed by atoms with Crippen LogP contribution < -0.4 is 5.73 Å². The third-order valence-corrected chi connectivity index (χ3v) is 7.23. The van der Waals surface area contributed by atoms with E-state index in [9.17, 15) is 8.42 Å². The lowest BCUT2D eigenvalue weighted by Crippen LogP contribution is -2.28. The first-order valence-electron chi connectivity index (χ1n) is 6.82. The maximum atomic E-state index is 11.6. The number of hydrogen-bond donors (Lipinski definition) is 1. The lowest BCUT2D eigenvalue weighted by Gasteiger charge is -2.14. The minimum Gasteiger partial charge on any atom is -0.401 e. The number of ether oxygens (including phenoxy) is 1. The second-order valence-corrected chi connectivity index (χ2v) is 14.5. The third kappa shape index (κ3) is 5.03. The van der Waals surface area contributed by atoms with Gasteiger partial charge in [0.1, 0.15) is 11.5 Å². The second-order valence-electron chi connectivity index (χ2n) is 6.57. The van der Waals surface area contributed by atoms with E-state index in [0.717, 1.165) is 12.7 Å². The molecule has 0 amide bonds. The van der Waals surface area contributed by atoms with Gasteiger partial charge in [-0.15, -0.1) is 0 Å². The van der Waals surface area contributed by atoms with Crippen LogP contribution in [0.1, 0.15) is 12.8 Å². The Morgan fingerprint density at radius 3 is 2.45 bits per heavy atom. The van der Waals surface area contributed by atoms with Gasteiger partial charge in [0.05, 0.1) is 0 Å². The van der Waals surface area contributed by atoms with Crippen molar-refractivity contribution in [3.8, 4) is 0 Å². The Balaban J connectivity index is 2.36. The monoisotopic (exact) mass is 318 g/mol. The van der Waals surface area contributed by atoms with Crippen LogP contribution in [0.25, 0.3) is 0 Å². The first kappa shape index (κ1) is 17.4. The van der Waals surface area contributed by atoms with Gasteiger partial charge in [-0.05, 0) is 25.0 Å². The van der Waals surface area contributed by atoms with Gasteiger partial charge in [-0.2, -0.15) is 0 Å². The van der Waals surface area contributed by atoms with Crippen LogP contribution in [0.2, 0.25) is 25.7 Å². The summed E-state index contributed by atoms with van der Waals surface area (Å²) >= 11 is 0. The molecular weight excluding hydrogens is 292 g/mol. The normalized spacial score (nSPS) is 19.5. The van der Waals surface area contributed by atoms with Gasteiger partial charge in [0.15, 0.2) is 9.84 Å². The van der Waals surface area contributed by atoms with E-state index in [-0.39, 0.29) is 0 Å². The molecule has 7 heteroatoms. The van der Waals surface area contributed by atoms with Crippen LogP contribution in [0.5, 0.6) is 0 Å². The fourth-order valence-electron chi connectivity index (χ4n) is 1.81. The molecule has 0 unspecified atom stereocenters. The minimum absolute atomic E-state index is 0.292. The number of allylic oxidation sites excluding steroid dienone is 1. The molecule has 20 heavy (non-hydrogen) atoms. The molecule has 0 saturated heterocycles. The van der Waals surface area contributed by atoms with Crippen LogP contribution in [0.3, 0.4) is 0 Å². The van der Waals surface area contributed by atoms with Gasteiger partial charge in [-0.1, -0.05) is 19.6 Å². The third-order valence-electron chi connectivity index (χ3n) is 3.46. The molecule has 0 bridgehead atoms. The Bertz CT molecular complexity index is 488. The minimum atomic E-state index is -3.14. The highest BCUT2D eigenvalue weighted by atomic mass is 32.2. The van der Waals surface area contributed by atoms with E-state index in [1.807, 2.05) is 0 Å². The fraction of sp³-hybridized carbons (Fsp3) is 0.769. The van der Waals surface area contributed by atoms with E-state index in [4.69, 9.17) is 10.5 Å². The lowest BCUT2D eigenvalue weighted by atomic mass is 10.3. The number of sulfone groups is 1. The van der Waals surface area contributed by atoms with Gasteiger partial charge >= 0.3 is 0 Å². The van der Waals surface area contributed by atoms with Crippen LogP contribution >= 0.6 is 0 Å². The number of nitrogens with two attached hydrogens (primary N) is 1. The second kappa shape index (κ2) is 6.40.